The molecule has 0 spiro atoms. The second-order valence-electron chi connectivity index (χ2n) is 8.21. The number of amides is 2. The van der Waals surface area contributed by atoms with Gasteiger partial charge in [-0.3, -0.25) is 9.59 Å². The third kappa shape index (κ3) is 5.66. The quantitative estimate of drug-likeness (QED) is 0.640. The Kier molecular flexibility index (Phi) is 7.21. The average molecular weight is 491 g/mol. The number of rotatable bonds is 7. The molecular weight excluding hydrogens is 464 g/mol. The number of carbonyl (C=O) groups is 2. The van der Waals surface area contributed by atoms with E-state index >= 15 is 0 Å². The molecule has 4 rings (SSSR count). The summed E-state index contributed by atoms with van der Waals surface area (Å²) in [7, 11) is -3.47. The van der Waals surface area contributed by atoms with Crippen molar-refractivity contribution in [3.8, 4) is 0 Å². The van der Waals surface area contributed by atoms with Gasteiger partial charge in [-0.1, -0.05) is 29.8 Å². The number of halogens is 1. The number of nitrogens with zero attached hydrogens (tertiary/aromatic N) is 3. The lowest BCUT2D eigenvalue weighted by molar-refractivity contribution is -0.126. The molecule has 0 aromatic heterocycles. The fourth-order valence-electron chi connectivity index (χ4n) is 4.19. The zero-order valence-electron chi connectivity index (χ0n) is 18.2. The predicted molar refractivity (Wildman–Crippen MR) is 129 cm³/mol. The zero-order valence-corrected chi connectivity index (χ0v) is 19.8. The van der Waals surface area contributed by atoms with Crippen LogP contribution in [-0.2, 0) is 19.6 Å². The second-order valence-corrected chi connectivity index (χ2v) is 10.7. The lowest BCUT2D eigenvalue weighted by Gasteiger charge is -2.35. The molecule has 0 aliphatic carbocycles. The zero-order chi connectivity index (χ0) is 23.4. The minimum atomic E-state index is -3.47. The van der Waals surface area contributed by atoms with E-state index in [1.807, 2.05) is 30.3 Å². The highest BCUT2D eigenvalue weighted by Gasteiger charge is 2.35. The van der Waals surface area contributed by atoms with Crippen molar-refractivity contribution >= 4 is 44.8 Å². The van der Waals surface area contributed by atoms with E-state index in [4.69, 9.17) is 11.6 Å². The van der Waals surface area contributed by atoms with Gasteiger partial charge in [0.25, 0.3) is 0 Å². The highest BCUT2D eigenvalue weighted by Crippen LogP contribution is 2.26. The van der Waals surface area contributed by atoms with E-state index in [0.717, 1.165) is 5.69 Å². The molecule has 2 aromatic rings. The van der Waals surface area contributed by atoms with E-state index in [9.17, 15) is 18.0 Å². The first-order valence-corrected chi connectivity index (χ1v) is 12.9. The molecule has 1 atom stereocenters. The van der Waals surface area contributed by atoms with Crippen LogP contribution in [0.5, 0.6) is 0 Å². The molecule has 8 nitrogen and oxygen atoms in total. The highest BCUT2D eigenvalue weighted by atomic mass is 35.5. The lowest BCUT2D eigenvalue weighted by Crippen LogP contribution is -2.50. The number of sulfonamides is 1. The normalized spacial score (nSPS) is 19.7. The standard InChI is InChI=1S/C23H27ClN4O4S/c24-19-6-8-21(9-7-19)28-17-18(16-22(28)29)23(30)25-10-15-33(31,32)27-13-11-26(12-14-27)20-4-2-1-3-5-20/h1-9,18H,10-17H2,(H,25,30)/t18-/m0/s1. The molecule has 0 unspecified atom stereocenters. The first-order valence-electron chi connectivity index (χ1n) is 10.9. The molecule has 33 heavy (non-hydrogen) atoms. The van der Waals surface area contributed by atoms with Gasteiger partial charge in [-0.2, -0.15) is 4.31 Å². The summed E-state index contributed by atoms with van der Waals surface area (Å²) in [6, 6.07) is 16.8. The minimum Gasteiger partial charge on any atom is -0.369 e. The number of anilines is 2. The van der Waals surface area contributed by atoms with Gasteiger partial charge >= 0.3 is 0 Å². The molecule has 176 valence electrons. The molecule has 2 heterocycles. The number of carbonyl (C=O) groups excluding carboxylic acids is 2. The monoisotopic (exact) mass is 490 g/mol. The molecule has 2 amide bonds. The van der Waals surface area contributed by atoms with Gasteiger partial charge < -0.3 is 15.1 Å². The number of para-hydroxylation sites is 1. The fraction of sp³-hybridized carbons (Fsp3) is 0.391. The molecule has 0 saturated carbocycles. The van der Waals surface area contributed by atoms with Crippen molar-refractivity contribution in [3.05, 3.63) is 59.6 Å². The van der Waals surface area contributed by atoms with Crippen molar-refractivity contribution in [3.63, 3.8) is 0 Å². The van der Waals surface area contributed by atoms with Crippen LogP contribution >= 0.6 is 11.6 Å². The van der Waals surface area contributed by atoms with Gasteiger partial charge in [0.05, 0.1) is 11.7 Å². The van der Waals surface area contributed by atoms with Crippen LogP contribution in [0.3, 0.4) is 0 Å². The first kappa shape index (κ1) is 23.5. The first-order chi connectivity index (χ1) is 15.8. The Bertz CT molecular complexity index is 1090. The molecule has 2 aliphatic heterocycles. The van der Waals surface area contributed by atoms with Crippen LogP contribution in [-0.4, -0.2) is 69.6 Å². The average Bonchev–Trinajstić information content (AvgIpc) is 3.22. The van der Waals surface area contributed by atoms with E-state index in [2.05, 4.69) is 10.2 Å². The second kappa shape index (κ2) is 10.1. The number of nitrogens with one attached hydrogen (secondary N) is 1. The maximum Gasteiger partial charge on any atom is 0.227 e. The summed E-state index contributed by atoms with van der Waals surface area (Å²) in [6.45, 7) is 2.36. The Morgan fingerprint density at radius 3 is 2.30 bits per heavy atom. The van der Waals surface area contributed by atoms with Crippen LogP contribution in [0.1, 0.15) is 6.42 Å². The van der Waals surface area contributed by atoms with Gasteiger partial charge in [-0.05, 0) is 36.4 Å². The fourth-order valence-corrected chi connectivity index (χ4v) is 5.66. The largest absolute Gasteiger partial charge is 0.369 e. The smallest absolute Gasteiger partial charge is 0.227 e. The number of hydrogen-bond donors (Lipinski definition) is 1. The van der Waals surface area contributed by atoms with Crippen molar-refractivity contribution < 1.29 is 18.0 Å². The van der Waals surface area contributed by atoms with Crippen LogP contribution in [0.25, 0.3) is 0 Å². The van der Waals surface area contributed by atoms with Crippen molar-refractivity contribution in [2.24, 2.45) is 5.92 Å². The van der Waals surface area contributed by atoms with E-state index < -0.39 is 15.9 Å². The van der Waals surface area contributed by atoms with Gasteiger partial charge in [0.15, 0.2) is 0 Å². The Balaban J connectivity index is 1.24. The summed E-state index contributed by atoms with van der Waals surface area (Å²) in [6.07, 6.45) is 0.0999. The van der Waals surface area contributed by atoms with Crippen molar-refractivity contribution in [2.45, 2.75) is 6.42 Å². The molecular formula is C23H27ClN4O4S. The maximum absolute atomic E-state index is 12.7. The van der Waals surface area contributed by atoms with Gasteiger partial charge in [0, 0.05) is 62.1 Å². The Morgan fingerprint density at radius 2 is 1.64 bits per heavy atom. The van der Waals surface area contributed by atoms with Crippen LogP contribution in [0.15, 0.2) is 54.6 Å². The van der Waals surface area contributed by atoms with Crippen LogP contribution < -0.4 is 15.1 Å². The van der Waals surface area contributed by atoms with Crippen molar-refractivity contribution in [1.29, 1.82) is 0 Å². The van der Waals surface area contributed by atoms with Crippen LogP contribution in [0, 0.1) is 5.92 Å². The lowest BCUT2D eigenvalue weighted by atomic mass is 10.1. The number of hydrogen-bond acceptors (Lipinski definition) is 5. The summed E-state index contributed by atoms with van der Waals surface area (Å²) in [5.74, 6) is -1.11. The van der Waals surface area contributed by atoms with Crippen LogP contribution in [0.2, 0.25) is 5.02 Å². The minimum absolute atomic E-state index is 0.0195. The Hall–Kier alpha value is -2.62. The molecule has 0 bridgehead atoms. The Labute approximate surface area is 199 Å². The molecule has 2 fully saturated rings. The number of benzene rings is 2. The van der Waals surface area contributed by atoms with E-state index in [1.165, 1.54) is 4.31 Å². The summed E-state index contributed by atoms with van der Waals surface area (Å²) in [5, 5.41) is 3.27. The van der Waals surface area contributed by atoms with Gasteiger partial charge in [0.1, 0.15) is 0 Å². The molecule has 1 N–H and O–H groups in total. The summed E-state index contributed by atoms with van der Waals surface area (Å²) in [4.78, 5) is 28.6. The third-order valence-electron chi connectivity index (χ3n) is 6.05. The molecule has 2 aromatic carbocycles. The molecule has 0 radical (unpaired) electrons. The maximum atomic E-state index is 12.7. The Morgan fingerprint density at radius 1 is 0.970 bits per heavy atom. The molecule has 2 saturated heterocycles. The van der Waals surface area contributed by atoms with Crippen molar-refractivity contribution in [2.75, 3.05) is 54.8 Å². The van der Waals surface area contributed by atoms with E-state index in [-0.39, 0.29) is 37.1 Å². The number of piperazine rings is 1. The third-order valence-corrected chi connectivity index (χ3v) is 8.17. The topological polar surface area (TPSA) is 90.0 Å². The van der Waals surface area contributed by atoms with Gasteiger partial charge in [0.2, 0.25) is 21.8 Å². The summed E-state index contributed by atoms with van der Waals surface area (Å²) < 4.78 is 26.9. The van der Waals surface area contributed by atoms with Gasteiger partial charge in [-0.15, -0.1) is 0 Å². The summed E-state index contributed by atoms with van der Waals surface area (Å²) in [5.41, 5.74) is 1.78. The van der Waals surface area contributed by atoms with Gasteiger partial charge in [-0.25, -0.2) is 8.42 Å². The summed E-state index contributed by atoms with van der Waals surface area (Å²) >= 11 is 5.90. The van der Waals surface area contributed by atoms with E-state index in [1.54, 1.807) is 29.2 Å². The van der Waals surface area contributed by atoms with E-state index in [0.29, 0.717) is 36.9 Å². The predicted octanol–water partition coefficient (Wildman–Crippen LogP) is 1.96. The molecule has 2 aliphatic rings. The van der Waals surface area contributed by atoms with Crippen LogP contribution in [0.4, 0.5) is 11.4 Å². The van der Waals surface area contributed by atoms with Crippen molar-refractivity contribution in [1.82, 2.24) is 9.62 Å². The SMILES string of the molecule is O=C(NCCS(=O)(=O)N1CCN(c2ccccc2)CC1)[C@H]1CC(=O)N(c2ccc(Cl)cc2)C1. The highest BCUT2D eigenvalue weighted by molar-refractivity contribution is 7.89. The molecule has 10 heteroatoms.